The van der Waals surface area contributed by atoms with Crippen molar-refractivity contribution >= 4 is 23.4 Å². The van der Waals surface area contributed by atoms with Crippen molar-refractivity contribution in [3.05, 3.63) is 12.2 Å². The molecule has 3 rings (SSSR count). The van der Waals surface area contributed by atoms with Gasteiger partial charge in [-0.05, 0) is 14.0 Å². The topological polar surface area (TPSA) is 152 Å². The quantitative estimate of drug-likeness (QED) is 0.341. The highest BCUT2D eigenvalue weighted by molar-refractivity contribution is 5.81. The highest BCUT2D eigenvalue weighted by Gasteiger charge is 2.45. The molecule has 1 saturated heterocycles. The van der Waals surface area contributed by atoms with Gasteiger partial charge in [-0.1, -0.05) is 0 Å². The average Bonchev–Trinajstić information content (AvgIpc) is 3.05. The van der Waals surface area contributed by atoms with Gasteiger partial charge in [0.25, 0.3) is 0 Å². The molecular formula is C14H21N7O4. The molecule has 2 aromatic heterocycles. The molecule has 0 bridgehead atoms. The van der Waals surface area contributed by atoms with Crippen molar-refractivity contribution in [3.63, 3.8) is 0 Å². The van der Waals surface area contributed by atoms with Gasteiger partial charge < -0.3 is 26.0 Å². The van der Waals surface area contributed by atoms with E-state index >= 15 is 0 Å². The number of carbonyl (C=O) groups excluding carboxylic acids is 1. The van der Waals surface area contributed by atoms with Crippen LogP contribution in [-0.4, -0.2) is 79.6 Å². The number of aryl methyl sites for hydroxylation is 1. The van der Waals surface area contributed by atoms with Crippen molar-refractivity contribution in [1.29, 1.82) is 0 Å². The van der Waals surface area contributed by atoms with Crippen LogP contribution in [0.1, 0.15) is 12.1 Å². The molecule has 0 unspecified atom stereocenters. The summed E-state index contributed by atoms with van der Waals surface area (Å²) < 4.78 is 7.48. The fraction of sp³-hybridized carbons (Fsp3) is 0.571. The number of hydrogen-bond donors (Lipinski definition) is 4. The molecule has 136 valence electrons. The van der Waals surface area contributed by atoms with Crippen LogP contribution in [0.4, 0.5) is 5.82 Å². The number of hydrogen-bond acceptors (Lipinski definition) is 9. The molecule has 1 fully saturated rings. The third-order valence-electron chi connectivity index (χ3n) is 4.21. The number of nitrogen functional groups attached to an aromatic ring is 1. The van der Waals surface area contributed by atoms with Gasteiger partial charge in [-0.25, -0.2) is 15.0 Å². The Morgan fingerprint density at radius 1 is 1.44 bits per heavy atom. The number of fused-ring (bicyclic) bond motifs is 1. The SMILES string of the molecule is Cc1nc2c(N)ncnc2n1[C@@H]1O[C@H](CN(C)CNC=O)[C@@H](O)[C@H]1O. The molecule has 0 aromatic carbocycles. The number of nitrogens with zero attached hydrogens (tertiary/aromatic N) is 5. The number of likely N-dealkylation sites (N-methyl/N-ethyl adjacent to an activating group) is 1. The number of nitrogens with one attached hydrogen (secondary N) is 1. The van der Waals surface area contributed by atoms with Gasteiger partial charge >= 0.3 is 0 Å². The smallest absolute Gasteiger partial charge is 0.208 e. The lowest BCUT2D eigenvalue weighted by Crippen LogP contribution is -2.41. The summed E-state index contributed by atoms with van der Waals surface area (Å²) in [5.74, 6) is 0.770. The summed E-state index contributed by atoms with van der Waals surface area (Å²) in [6.45, 7) is 2.35. The van der Waals surface area contributed by atoms with Crippen LogP contribution in [0.25, 0.3) is 11.2 Å². The maximum absolute atomic E-state index is 10.5. The van der Waals surface area contributed by atoms with Crippen molar-refractivity contribution in [2.75, 3.05) is 26.0 Å². The minimum atomic E-state index is -1.16. The highest BCUT2D eigenvalue weighted by atomic mass is 16.6. The molecular weight excluding hydrogens is 330 g/mol. The first-order valence-electron chi connectivity index (χ1n) is 7.76. The van der Waals surface area contributed by atoms with Gasteiger partial charge in [0.05, 0.1) is 6.67 Å². The Labute approximate surface area is 143 Å². The molecule has 11 nitrogen and oxygen atoms in total. The third kappa shape index (κ3) is 3.14. The van der Waals surface area contributed by atoms with E-state index in [1.54, 1.807) is 23.4 Å². The number of aliphatic hydroxyl groups excluding tert-OH is 2. The number of rotatable bonds is 6. The molecule has 25 heavy (non-hydrogen) atoms. The molecule has 0 saturated carbocycles. The highest BCUT2D eigenvalue weighted by Crippen LogP contribution is 2.33. The summed E-state index contributed by atoms with van der Waals surface area (Å²) in [5, 5.41) is 23.3. The van der Waals surface area contributed by atoms with Crippen LogP contribution in [0.15, 0.2) is 6.33 Å². The van der Waals surface area contributed by atoms with Crippen LogP contribution >= 0.6 is 0 Å². The van der Waals surface area contributed by atoms with E-state index in [-0.39, 0.29) is 5.82 Å². The fourth-order valence-corrected chi connectivity index (χ4v) is 3.00. The third-order valence-corrected chi connectivity index (χ3v) is 4.21. The number of aliphatic hydroxyl groups is 2. The first-order chi connectivity index (χ1) is 11.9. The van der Waals surface area contributed by atoms with E-state index in [1.807, 2.05) is 0 Å². The molecule has 4 atom stereocenters. The first kappa shape index (κ1) is 17.5. The van der Waals surface area contributed by atoms with Crippen LogP contribution < -0.4 is 11.1 Å². The van der Waals surface area contributed by atoms with Gasteiger partial charge in [-0.3, -0.25) is 14.3 Å². The molecule has 1 aliphatic rings. The van der Waals surface area contributed by atoms with Crippen LogP contribution in [0.3, 0.4) is 0 Å². The lowest BCUT2D eigenvalue weighted by molar-refractivity contribution is -0.110. The Bertz CT molecular complexity index is 767. The Morgan fingerprint density at radius 3 is 2.92 bits per heavy atom. The minimum Gasteiger partial charge on any atom is -0.387 e. The molecule has 3 heterocycles. The number of carbonyl (C=O) groups is 1. The van der Waals surface area contributed by atoms with Crippen molar-refractivity contribution in [1.82, 2.24) is 29.7 Å². The monoisotopic (exact) mass is 351 g/mol. The average molecular weight is 351 g/mol. The second-order valence-electron chi connectivity index (χ2n) is 6.03. The van der Waals surface area contributed by atoms with Gasteiger partial charge in [0, 0.05) is 6.54 Å². The van der Waals surface area contributed by atoms with Gasteiger partial charge in [0.2, 0.25) is 6.41 Å². The van der Waals surface area contributed by atoms with Crippen molar-refractivity contribution < 1.29 is 19.7 Å². The summed E-state index contributed by atoms with van der Waals surface area (Å²) in [7, 11) is 1.76. The number of imidazole rings is 1. The van der Waals surface area contributed by atoms with E-state index in [4.69, 9.17) is 10.5 Å². The maximum Gasteiger partial charge on any atom is 0.208 e. The van der Waals surface area contributed by atoms with E-state index in [1.165, 1.54) is 6.33 Å². The molecule has 1 aliphatic heterocycles. The second kappa shape index (κ2) is 6.88. The van der Waals surface area contributed by atoms with Crippen LogP contribution in [0.5, 0.6) is 0 Å². The number of nitrogens with two attached hydrogens (primary N) is 1. The van der Waals surface area contributed by atoms with Crippen LogP contribution in [-0.2, 0) is 9.53 Å². The molecule has 5 N–H and O–H groups in total. The zero-order chi connectivity index (χ0) is 18.1. The molecule has 0 aliphatic carbocycles. The summed E-state index contributed by atoms with van der Waals surface area (Å²) >= 11 is 0. The Morgan fingerprint density at radius 2 is 2.20 bits per heavy atom. The Hall–Kier alpha value is -2.34. The van der Waals surface area contributed by atoms with Gasteiger partial charge in [0.15, 0.2) is 23.2 Å². The van der Waals surface area contributed by atoms with Gasteiger partial charge in [-0.15, -0.1) is 0 Å². The Balaban J connectivity index is 1.85. The zero-order valence-electron chi connectivity index (χ0n) is 13.9. The molecule has 1 amide bonds. The van der Waals surface area contributed by atoms with Crippen LogP contribution in [0, 0.1) is 6.92 Å². The lowest BCUT2D eigenvalue weighted by atomic mass is 10.1. The predicted molar refractivity (Wildman–Crippen MR) is 87.1 cm³/mol. The molecule has 0 spiro atoms. The summed E-state index contributed by atoms with van der Waals surface area (Å²) in [6.07, 6.45) is -1.86. The van der Waals surface area contributed by atoms with Crippen molar-refractivity contribution in [2.24, 2.45) is 0 Å². The standard InChI is InChI=1S/C14H21N7O4/c1-7-19-9-12(15)17-4-18-13(9)21(7)14-11(24)10(23)8(25-14)3-20(2)5-16-6-22/h4,6,8,10-11,14,23-24H,3,5H2,1-2H3,(H,16,22)(H2,15,17,18)/t8-,10-,11-,14-/m1/s1. The molecule has 2 aromatic rings. The largest absolute Gasteiger partial charge is 0.387 e. The number of aromatic nitrogens is 4. The number of ether oxygens (including phenoxy) is 1. The van der Waals surface area contributed by atoms with Gasteiger partial charge in [-0.2, -0.15) is 0 Å². The van der Waals surface area contributed by atoms with Crippen molar-refractivity contribution in [2.45, 2.75) is 31.5 Å². The van der Waals surface area contributed by atoms with E-state index in [2.05, 4.69) is 20.3 Å². The minimum absolute atomic E-state index is 0.233. The van der Waals surface area contributed by atoms with E-state index < -0.39 is 24.5 Å². The fourth-order valence-electron chi connectivity index (χ4n) is 3.00. The molecule has 11 heteroatoms. The number of amides is 1. The summed E-state index contributed by atoms with van der Waals surface area (Å²) in [5.41, 5.74) is 6.66. The van der Waals surface area contributed by atoms with E-state index in [0.717, 1.165) is 0 Å². The predicted octanol–water partition coefficient (Wildman–Crippen LogP) is -2.03. The van der Waals surface area contributed by atoms with Crippen LogP contribution in [0.2, 0.25) is 0 Å². The van der Waals surface area contributed by atoms with E-state index in [9.17, 15) is 15.0 Å². The first-order valence-corrected chi connectivity index (χ1v) is 7.76. The summed E-state index contributed by atoms with van der Waals surface area (Å²) in [6, 6.07) is 0. The normalized spacial score (nSPS) is 26.4. The maximum atomic E-state index is 10.5. The van der Waals surface area contributed by atoms with E-state index in [0.29, 0.717) is 36.6 Å². The second-order valence-corrected chi connectivity index (χ2v) is 6.03. The van der Waals surface area contributed by atoms with Gasteiger partial charge in [0.1, 0.15) is 30.5 Å². The Kier molecular flexibility index (Phi) is 4.81. The molecule has 0 radical (unpaired) electrons. The van der Waals surface area contributed by atoms with Crippen molar-refractivity contribution in [3.8, 4) is 0 Å². The zero-order valence-corrected chi connectivity index (χ0v) is 13.9. The summed E-state index contributed by atoms with van der Waals surface area (Å²) in [4.78, 5) is 24.5. The number of anilines is 1. The lowest BCUT2D eigenvalue weighted by Gasteiger charge is -2.22.